The molecule has 0 saturated carbocycles. The Kier molecular flexibility index (Phi) is 3.75. The highest BCUT2D eigenvalue weighted by Gasteiger charge is 2.20. The maximum absolute atomic E-state index is 14.2. The Morgan fingerprint density at radius 2 is 1.95 bits per heavy atom. The molecule has 0 spiro atoms. The fraction of sp³-hybridized carbons (Fsp3) is 0.222. The van der Waals surface area contributed by atoms with Crippen molar-refractivity contribution in [1.29, 1.82) is 0 Å². The summed E-state index contributed by atoms with van der Waals surface area (Å²) in [7, 11) is 1.98. The molecule has 0 aliphatic carbocycles. The quantitative estimate of drug-likeness (QED) is 0.796. The van der Waals surface area contributed by atoms with Crippen molar-refractivity contribution in [1.82, 2.24) is 0 Å². The maximum atomic E-state index is 14.2. The predicted octanol–water partition coefficient (Wildman–Crippen LogP) is 3.32. The minimum atomic E-state index is -0.301. The molecule has 1 heterocycles. The summed E-state index contributed by atoms with van der Waals surface area (Å²) in [5, 5.41) is 0. The van der Waals surface area contributed by atoms with Crippen LogP contribution in [0.1, 0.15) is 28.4 Å². The lowest BCUT2D eigenvalue weighted by atomic mass is 9.97. The molecule has 3 rings (SSSR count). The Morgan fingerprint density at radius 1 is 1.18 bits per heavy atom. The second kappa shape index (κ2) is 5.72. The van der Waals surface area contributed by atoms with Crippen LogP contribution in [-0.4, -0.2) is 31.6 Å². The van der Waals surface area contributed by atoms with Crippen LogP contribution in [-0.2, 0) is 0 Å². The minimum absolute atomic E-state index is 0.0115. The zero-order chi connectivity index (χ0) is 15.7. The van der Waals surface area contributed by atoms with Crippen LogP contribution in [0.3, 0.4) is 0 Å². The number of carbonyl (C=O) groups excluding carboxylic acids is 1. The van der Waals surface area contributed by atoms with Crippen molar-refractivity contribution in [2.45, 2.75) is 6.92 Å². The molecule has 2 aromatic rings. The van der Waals surface area contributed by atoms with Crippen molar-refractivity contribution < 1.29 is 9.18 Å². The molecule has 1 aliphatic heterocycles. The van der Waals surface area contributed by atoms with Gasteiger partial charge in [0.05, 0.1) is 12.3 Å². The van der Waals surface area contributed by atoms with E-state index in [0.29, 0.717) is 23.4 Å². The van der Waals surface area contributed by atoms with Gasteiger partial charge in [0, 0.05) is 36.0 Å². The molecule has 3 nitrogen and oxygen atoms in total. The third-order valence-electron chi connectivity index (χ3n) is 3.90. The molecule has 0 fully saturated rings. The number of Topliss-reactive ketones (excluding diaryl/α,β-unsaturated/α-hetero) is 1. The van der Waals surface area contributed by atoms with Gasteiger partial charge in [-0.2, -0.15) is 0 Å². The number of rotatable bonds is 2. The van der Waals surface area contributed by atoms with E-state index >= 15 is 0 Å². The molecule has 0 unspecified atom stereocenters. The summed E-state index contributed by atoms with van der Waals surface area (Å²) in [6.45, 7) is 2.87. The topological polar surface area (TPSA) is 32.7 Å². The number of nitrogens with zero attached hydrogens (tertiary/aromatic N) is 2. The van der Waals surface area contributed by atoms with Gasteiger partial charge < -0.3 is 4.90 Å². The Hall–Kier alpha value is -2.49. The van der Waals surface area contributed by atoms with Crippen LogP contribution in [0.15, 0.2) is 47.5 Å². The van der Waals surface area contributed by atoms with E-state index in [4.69, 9.17) is 0 Å². The first-order valence-corrected chi connectivity index (χ1v) is 7.24. The maximum Gasteiger partial charge on any atom is 0.159 e. The first-order chi connectivity index (χ1) is 10.6. The molecule has 0 radical (unpaired) electrons. The number of halogens is 1. The van der Waals surface area contributed by atoms with E-state index in [1.165, 1.54) is 13.0 Å². The number of benzodiazepines with no additional fused rings is 1. The molecule has 0 bridgehead atoms. The highest BCUT2D eigenvalue weighted by atomic mass is 19.1. The van der Waals surface area contributed by atoms with Gasteiger partial charge >= 0.3 is 0 Å². The zero-order valence-electron chi connectivity index (χ0n) is 12.6. The van der Waals surface area contributed by atoms with Crippen LogP contribution >= 0.6 is 0 Å². The molecule has 0 N–H and O–H groups in total. The number of benzene rings is 2. The Morgan fingerprint density at radius 3 is 2.68 bits per heavy atom. The van der Waals surface area contributed by atoms with E-state index < -0.39 is 0 Å². The average molecular weight is 296 g/mol. The van der Waals surface area contributed by atoms with Crippen LogP contribution in [0.4, 0.5) is 10.1 Å². The zero-order valence-corrected chi connectivity index (χ0v) is 12.6. The number of carbonyl (C=O) groups is 1. The second-order valence-corrected chi connectivity index (χ2v) is 5.42. The number of hydrogen-bond donors (Lipinski definition) is 0. The third kappa shape index (κ3) is 2.52. The third-order valence-corrected chi connectivity index (χ3v) is 3.90. The average Bonchev–Trinajstić information content (AvgIpc) is 2.67. The Labute approximate surface area is 129 Å². The van der Waals surface area contributed by atoms with Crippen LogP contribution < -0.4 is 4.90 Å². The van der Waals surface area contributed by atoms with E-state index in [1.807, 2.05) is 25.2 Å². The number of aliphatic imine (C=N–C) groups is 1. The molecule has 0 amide bonds. The van der Waals surface area contributed by atoms with Crippen LogP contribution in [0.25, 0.3) is 0 Å². The first kappa shape index (κ1) is 14.4. The van der Waals surface area contributed by atoms with Crippen molar-refractivity contribution in [2.24, 2.45) is 4.99 Å². The van der Waals surface area contributed by atoms with Crippen molar-refractivity contribution in [3.05, 3.63) is 65.0 Å². The molecule has 1 aliphatic rings. The number of anilines is 1. The lowest BCUT2D eigenvalue weighted by Crippen LogP contribution is -2.20. The normalized spacial score (nSPS) is 14.1. The van der Waals surface area contributed by atoms with Gasteiger partial charge in [-0.15, -0.1) is 0 Å². The molecule has 112 valence electrons. The number of fused-ring (bicyclic) bond motifs is 1. The summed E-state index contributed by atoms with van der Waals surface area (Å²) in [4.78, 5) is 18.3. The van der Waals surface area contributed by atoms with Gasteiger partial charge in [0.25, 0.3) is 0 Å². The fourth-order valence-electron chi connectivity index (χ4n) is 2.68. The molecule has 2 aromatic carbocycles. The molecule has 0 saturated heterocycles. The van der Waals surface area contributed by atoms with Gasteiger partial charge in [-0.25, -0.2) is 4.39 Å². The van der Waals surface area contributed by atoms with Gasteiger partial charge in [-0.1, -0.05) is 12.1 Å². The fourth-order valence-corrected chi connectivity index (χ4v) is 2.68. The molecule has 22 heavy (non-hydrogen) atoms. The van der Waals surface area contributed by atoms with E-state index in [0.717, 1.165) is 17.8 Å². The van der Waals surface area contributed by atoms with Crippen LogP contribution in [0.5, 0.6) is 0 Å². The molecular formula is C18H17FN2O. The summed E-state index contributed by atoms with van der Waals surface area (Å²) < 4.78 is 14.2. The summed E-state index contributed by atoms with van der Waals surface area (Å²) in [6, 6.07) is 12.1. The highest BCUT2D eigenvalue weighted by Crippen LogP contribution is 2.27. The Balaban J connectivity index is 2.23. The van der Waals surface area contributed by atoms with Gasteiger partial charge in [-0.05, 0) is 37.3 Å². The highest BCUT2D eigenvalue weighted by molar-refractivity contribution is 6.17. The van der Waals surface area contributed by atoms with Crippen LogP contribution in [0.2, 0.25) is 0 Å². The monoisotopic (exact) mass is 296 g/mol. The standard InChI is InChI=1S/C18H17FN2O/c1-12(22)13-7-8-17-15(11-13)18(20-9-10-21(17)2)14-5-3-4-6-16(14)19/h3-8,11H,9-10H2,1-2H3. The molecule has 0 aromatic heterocycles. The largest absolute Gasteiger partial charge is 0.372 e. The van der Waals surface area contributed by atoms with Crippen LogP contribution in [0, 0.1) is 5.82 Å². The molecule has 0 atom stereocenters. The summed E-state index contributed by atoms with van der Waals surface area (Å²) >= 11 is 0. The van der Waals surface area contributed by atoms with E-state index in [2.05, 4.69) is 9.89 Å². The minimum Gasteiger partial charge on any atom is -0.372 e. The van der Waals surface area contributed by atoms with E-state index in [9.17, 15) is 9.18 Å². The molecule has 4 heteroatoms. The Bertz CT molecular complexity index is 767. The summed E-state index contributed by atoms with van der Waals surface area (Å²) in [5.74, 6) is -0.312. The summed E-state index contributed by atoms with van der Waals surface area (Å²) in [5.41, 5.74) is 3.46. The van der Waals surface area contributed by atoms with Crippen molar-refractivity contribution >= 4 is 17.2 Å². The van der Waals surface area contributed by atoms with Crippen molar-refractivity contribution in [2.75, 3.05) is 25.0 Å². The van der Waals surface area contributed by atoms with Gasteiger partial charge in [0.1, 0.15) is 5.82 Å². The SMILES string of the molecule is CC(=O)c1ccc2c(c1)C(c1ccccc1F)=NCCN2C. The number of likely N-dealkylation sites (N-methyl/N-ethyl adjacent to an activating group) is 1. The van der Waals surface area contributed by atoms with Gasteiger partial charge in [0.15, 0.2) is 5.78 Å². The van der Waals surface area contributed by atoms with Gasteiger partial charge in [-0.3, -0.25) is 9.79 Å². The predicted molar refractivity (Wildman–Crippen MR) is 86.6 cm³/mol. The first-order valence-electron chi connectivity index (χ1n) is 7.24. The smallest absolute Gasteiger partial charge is 0.159 e. The van der Waals surface area contributed by atoms with Crippen molar-refractivity contribution in [3.63, 3.8) is 0 Å². The lowest BCUT2D eigenvalue weighted by molar-refractivity contribution is 0.101. The summed E-state index contributed by atoms with van der Waals surface area (Å²) in [6.07, 6.45) is 0. The second-order valence-electron chi connectivity index (χ2n) is 5.42. The van der Waals surface area contributed by atoms with E-state index in [-0.39, 0.29) is 11.6 Å². The molecular weight excluding hydrogens is 279 g/mol. The number of ketones is 1. The van der Waals surface area contributed by atoms with Crippen molar-refractivity contribution in [3.8, 4) is 0 Å². The number of hydrogen-bond acceptors (Lipinski definition) is 3. The lowest BCUT2D eigenvalue weighted by Gasteiger charge is -2.20. The van der Waals surface area contributed by atoms with E-state index in [1.54, 1.807) is 18.2 Å². The van der Waals surface area contributed by atoms with Gasteiger partial charge in [0.2, 0.25) is 0 Å².